The number of carboxylic acid groups (broad SMARTS) is 2. The van der Waals surface area contributed by atoms with E-state index in [-0.39, 0.29) is 18.6 Å². The van der Waals surface area contributed by atoms with Gasteiger partial charge in [0.05, 0.1) is 25.6 Å². The molecule has 2 aromatic carbocycles. The van der Waals surface area contributed by atoms with E-state index in [1.165, 1.54) is 11.1 Å². The van der Waals surface area contributed by atoms with E-state index >= 15 is 0 Å². The average molecular weight is 593 g/mol. The van der Waals surface area contributed by atoms with E-state index in [2.05, 4.69) is 42.2 Å². The van der Waals surface area contributed by atoms with Crippen LogP contribution in [-0.2, 0) is 25.7 Å². The predicted molar refractivity (Wildman–Crippen MR) is 165 cm³/mol. The fourth-order valence-corrected chi connectivity index (χ4v) is 5.07. The van der Waals surface area contributed by atoms with Crippen molar-refractivity contribution in [2.45, 2.75) is 76.7 Å². The van der Waals surface area contributed by atoms with Crippen LogP contribution in [0.1, 0.15) is 74.5 Å². The summed E-state index contributed by atoms with van der Waals surface area (Å²) in [6, 6.07) is 15.3. The van der Waals surface area contributed by atoms with Gasteiger partial charge in [0.2, 0.25) is 0 Å². The number of benzene rings is 2. The zero-order chi connectivity index (χ0) is 31.0. The van der Waals surface area contributed by atoms with Crippen LogP contribution in [0.15, 0.2) is 54.6 Å². The molecule has 1 saturated heterocycles. The van der Waals surface area contributed by atoms with Crippen LogP contribution in [0.3, 0.4) is 0 Å². The summed E-state index contributed by atoms with van der Waals surface area (Å²) in [5.74, 6) is 4.89. The van der Waals surface area contributed by atoms with Crippen molar-refractivity contribution < 1.29 is 34.0 Å². The predicted octanol–water partition coefficient (Wildman–Crippen LogP) is 4.93. The molecule has 9 heteroatoms. The molecular formula is C34H44N2O7. The molecule has 0 amide bonds. The average Bonchev–Trinajstić information content (AvgIpc) is 3.56. The maximum atomic E-state index is 11.1. The van der Waals surface area contributed by atoms with Gasteiger partial charge in [-0.05, 0) is 86.0 Å². The van der Waals surface area contributed by atoms with Gasteiger partial charge in [-0.1, -0.05) is 48.7 Å². The third-order valence-corrected chi connectivity index (χ3v) is 7.45. The first kappa shape index (κ1) is 33.8. The first-order valence-electron chi connectivity index (χ1n) is 14.9. The minimum Gasteiger partial charge on any atom is -0.489 e. The highest BCUT2D eigenvalue weighted by atomic mass is 16.7. The van der Waals surface area contributed by atoms with E-state index in [4.69, 9.17) is 35.9 Å². The van der Waals surface area contributed by atoms with Crippen LogP contribution in [0.25, 0.3) is 5.57 Å². The minimum absolute atomic E-state index is 0.00879. The lowest BCUT2D eigenvalue weighted by Gasteiger charge is -2.26. The summed E-state index contributed by atoms with van der Waals surface area (Å²) in [4.78, 5) is 21.2. The maximum Gasteiger partial charge on any atom is 0.320 e. The highest BCUT2D eigenvalue weighted by Gasteiger charge is 2.28. The highest BCUT2D eigenvalue weighted by molar-refractivity contribution is 5.73. The molecule has 4 rings (SSSR count). The molecule has 0 aromatic heterocycles. The molecule has 0 radical (unpaired) electrons. The second kappa shape index (κ2) is 18.1. The van der Waals surface area contributed by atoms with Crippen molar-refractivity contribution in [1.82, 2.24) is 0 Å². The van der Waals surface area contributed by atoms with Crippen LogP contribution in [-0.4, -0.2) is 54.2 Å². The zero-order valence-electron chi connectivity index (χ0n) is 24.9. The fraction of sp³-hybridized carbons (Fsp3) is 0.471. The van der Waals surface area contributed by atoms with Crippen molar-refractivity contribution >= 4 is 17.5 Å². The first-order valence-corrected chi connectivity index (χ1v) is 14.9. The van der Waals surface area contributed by atoms with Crippen molar-refractivity contribution in [3.05, 3.63) is 71.3 Å². The molecule has 1 fully saturated rings. The van der Waals surface area contributed by atoms with Crippen LogP contribution >= 0.6 is 0 Å². The van der Waals surface area contributed by atoms with Crippen molar-refractivity contribution in [3.63, 3.8) is 0 Å². The number of unbranched alkanes of at least 4 members (excludes halogenated alkanes) is 1. The number of rotatable bonds is 13. The lowest BCUT2D eigenvalue weighted by Crippen LogP contribution is -2.29. The maximum absolute atomic E-state index is 11.1. The molecular weight excluding hydrogens is 548 g/mol. The standard InChI is InChI=1S/C28H30O5.C6H14N2O2/c1-2-4-24(18-27(29)30)22-11-13-26(14-12-22)33-19-20-5-3-6-25(17-20)21-7-9-23(10-8-21)28-31-15-16-32-28;7-4-2-1-3-5(8)6(9)10/h3,5-7,11-14,17,23-24,28H,8-10,15-16,18-19H2,1H3,(H,29,30);5H,1-4,7-8H2,(H,9,10)/t23?,24-;5-/m00/s1. The van der Waals surface area contributed by atoms with E-state index < -0.39 is 18.0 Å². The van der Waals surface area contributed by atoms with E-state index in [1.54, 1.807) is 6.92 Å². The van der Waals surface area contributed by atoms with Crippen LogP contribution in [0.4, 0.5) is 0 Å². The topological polar surface area (TPSA) is 154 Å². The Morgan fingerprint density at radius 2 is 1.84 bits per heavy atom. The second-order valence-electron chi connectivity index (χ2n) is 10.7. The molecule has 0 spiro atoms. The molecule has 0 saturated carbocycles. The lowest BCUT2D eigenvalue weighted by atomic mass is 9.86. The summed E-state index contributed by atoms with van der Waals surface area (Å²) in [6.45, 7) is 4.21. The number of hydrogen-bond donors (Lipinski definition) is 4. The molecule has 1 heterocycles. The van der Waals surface area contributed by atoms with Crippen molar-refractivity contribution in [1.29, 1.82) is 0 Å². The normalized spacial score (nSPS) is 17.8. The van der Waals surface area contributed by atoms with Gasteiger partial charge >= 0.3 is 11.9 Å². The highest BCUT2D eigenvalue weighted by Crippen LogP contribution is 2.34. The minimum atomic E-state index is -0.933. The van der Waals surface area contributed by atoms with Gasteiger partial charge in [0, 0.05) is 5.92 Å². The Balaban J connectivity index is 0.000000436. The summed E-state index contributed by atoms with van der Waals surface area (Å²) in [5.41, 5.74) is 15.0. The summed E-state index contributed by atoms with van der Waals surface area (Å²) in [5, 5.41) is 17.4. The van der Waals surface area contributed by atoms with E-state index in [0.717, 1.165) is 49.0 Å². The molecule has 0 bridgehead atoms. The summed E-state index contributed by atoms with van der Waals surface area (Å²) < 4.78 is 17.3. The monoisotopic (exact) mass is 592 g/mol. The molecule has 9 nitrogen and oxygen atoms in total. The van der Waals surface area contributed by atoms with Gasteiger partial charge in [0.15, 0.2) is 6.29 Å². The number of hydrogen-bond acceptors (Lipinski definition) is 7. The van der Waals surface area contributed by atoms with Gasteiger partial charge in [-0.2, -0.15) is 0 Å². The van der Waals surface area contributed by atoms with Crippen LogP contribution in [0.2, 0.25) is 0 Å². The van der Waals surface area contributed by atoms with E-state index in [1.807, 2.05) is 24.3 Å². The van der Waals surface area contributed by atoms with Crippen LogP contribution in [0, 0.1) is 17.8 Å². The largest absolute Gasteiger partial charge is 0.489 e. The van der Waals surface area contributed by atoms with Crippen molar-refractivity contribution in [2.75, 3.05) is 19.8 Å². The summed E-state index contributed by atoms with van der Waals surface area (Å²) >= 11 is 0. The zero-order valence-corrected chi connectivity index (χ0v) is 24.9. The summed E-state index contributed by atoms with van der Waals surface area (Å²) in [7, 11) is 0. The van der Waals surface area contributed by atoms with Crippen LogP contribution in [0.5, 0.6) is 5.75 Å². The van der Waals surface area contributed by atoms with Gasteiger partial charge < -0.3 is 35.9 Å². The number of nitrogens with two attached hydrogens (primary N) is 2. The molecule has 6 N–H and O–H groups in total. The Morgan fingerprint density at radius 3 is 2.44 bits per heavy atom. The van der Waals surface area contributed by atoms with Crippen molar-refractivity contribution in [2.24, 2.45) is 17.4 Å². The lowest BCUT2D eigenvalue weighted by molar-refractivity contribution is -0.139. The van der Waals surface area contributed by atoms with Gasteiger partial charge in [-0.3, -0.25) is 9.59 Å². The number of carboxylic acids is 2. The van der Waals surface area contributed by atoms with E-state index in [9.17, 15) is 9.59 Å². The Morgan fingerprint density at radius 1 is 1.09 bits per heavy atom. The third-order valence-electron chi connectivity index (χ3n) is 7.45. The number of carbonyl (C=O) groups is 2. The number of allylic oxidation sites excluding steroid dienone is 2. The van der Waals surface area contributed by atoms with Gasteiger partial charge in [0.25, 0.3) is 0 Å². The molecule has 1 unspecified atom stereocenters. The van der Waals surface area contributed by atoms with Gasteiger partial charge in [-0.25, -0.2) is 0 Å². The fourth-order valence-electron chi connectivity index (χ4n) is 5.07. The molecule has 2 aliphatic rings. The summed E-state index contributed by atoms with van der Waals surface area (Å²) in [6.07, 6.45) is 7.53. The smallest absolute Gasteiger partial charge is 0.320 e. The van der Waals surface area contributed by atoms with Crippen molar-refractivity contribution in [3.8, 4) is 17.6 Å². The molecule has 1 aliphatic heterocycles. The second-order valence-corrected chi connectivity index (χ2v) is 10.7. The van der Waals surface area contributed by atoms with Crippen LogP contribution < -0.4 is 16.2 Å². The Kier molecular flexibility index (Phi) is 14.2. The number of aliphatic carboxylic acids is 2. The van der Waals surface area contributed by atoms with Gasteiger partial charge in [0.1, 0.15) is 18.4 Å². The van der Waals surface area contributed by atoms with E-state index in [0.29, 0.717) is 38.7 Å². The number of ether oxygens (including phenoxy) is 3. The SMILES string of the molecule is CC#C[C@@H](CC(=O)O)c1ccc(OCc2cccc(C3=CCC(C4OCCO4)CC3)c2)cc1.NCCCC[C@H](N)C(=O)O. The van der Waals surface area contributed by atoms with Gasteiger partial charge in [-0.15, -0.1) is 5.92 Å². The Hall–Kier alpha value is -3.68. The molecule has 232 valence electrons. The first-order chi connectivity index (χ1) is 20.8. The third kappa shape index (κ3) is 11.5. The Labute approximate surface area is 254 Å². The molecule has 3 atom stereocenters. The Bertz CT molecular complexity index is 1260. The molecule has 1 aliphatic carbocycles. The molecule has 43 heavy (non-hydrogen) atoms. The molecule has 2 aromatic rings. The quantitative estimate of drug-likeness (QED) is 0.187.